The molecule has 0 aliphatic carbocycles. The first-order valence-corrected chi connectivity index (χ1v) is 7.83. The molecule has 0 bridgehead atoms. The lowest BCUT2D eigenvalue weighted by Crippen LogP contribution is -2.39. The van der Waals surface area contributed by atoms with Gasteiger partial charge in [-0.3, -0.25) is 4.79 Å². The van der Waals surface area contributed by atoms with Crippen LogP contribution in [0.4, 0.5) is 0 Å². The van der Waals surface area contributed by atoms with Crippen LogP contribution in [0.2, 0.25) is 0 Å². The van der Waals surface area contributed by atoms with E-state index >= 15 is 0 Å². The van der Waals surface area contributed by atoms with Crippen molar-refractivity contribution < 1.29 is 33.6 Å². The molecule has 3 rings (SSSR count). The zero-order valence-electron chi connectivity index (χ0n) is 14.0. The molecule has 1 amide bonds. The van der Waals surface area contributed by atoms with E-state index in [0.29, 0.717) is 47.9 Å². The molecule has 0 saturated carbocycles. The van der Waals surface area contributed by atoms with Crippen LogP contribution in [0.1, 0.15) is 18.4 Å². The molecule has 1 aromatic carbocycles. The van der Waals surface area contributed by atoms with Crippen LogP contribution in [0.25, 0.3) is 6.08 Å². The summed E-state index contributed by atoms with van der Waals surface area (Å²) in [6, 6.07) is 0.903. The fraction of sp³-hybridized carbons (Fsp3) is 0.412. The van der Waals surface area contributed by atoms with Gasteiger partial charge in [-0.15, -0.1) is 0 Å². The number of benzene rings is 1. The molecule has 2 aliphatic rings. The van der Waals surface area contributed by atoms with Gasteiger partial charge in [-0.25, -0.2) is 4.79 Å². The van der Waals surface area contributed by atoms with Crippen molar-refractivity contribution in [3.63, 3.8) is 0 Å². The van der Waals surface area contributed by atoms with Gasteiger partial charge in [-0.2, -0.15) is 0 Å². The fourth-order valence-electron chi connectivity index (χ4n) is 3.06. The summed E-state index contributed by atoms with van der Waals surface area (Å²) in [5, 5.41) is 9.19. The molecule has 8 nitrogen and oxygen atoms in total. The van der Waals surface area contributed by atoms with Crippen molar-refractivity contribution in [2.75, 3.05) is 27.6 Å². The minimum Gasteiger partial charge on any atom is -0.493 e. The Morgan fingerprint density at radius 1 is 1.28 bits per heavy atom. The first kappa shape index (κ1) is 16.9. The van der Waals surface area contributed by atoms with Gasteiger partial charge < -0.3 is 29.0 Å². The van der Waals surface area contributed by atoms with E-state index in [4.69, 9.17) is 18.9 Å². The minimum atomic E-state index is -0.985. The molecule has 25 heavy (non-hydrogen) atoms. The normalized spacial score (nSPS) is 18.6. The standard InChI is InChI=1S/C17H19NO7/c1-22-12-8-10(14(23-2)16-15(12)24-9-25-16)5-6-13(19)18-7-3-4-11(18)17(20)21/h5-6,8,11H,3-4,7,9H2,1-2H3,(H,20,21)/b6-5+/t11-/m1/s1. The van der Waals surface area contributed by atoms with Crippen molar-refractivity contribution in [3.05, 3.63) is 17.7 Å². The lowest BCUT2D eigenvalue weighted by Gasteiger charge is -2.19. The van der Waals surface area contributed by atoms with Gasteiger partial charge in [-0.1, -0.05) is 0 Å². The van der Waals surface area contributed by atoms with Crippen LogP contribution in [0.5, 0.6) is 23.0 Å². The molecule has 0 aromatic heterocycles. The first-order valence-electron chi connectivity index (χ1n) is 7.83. The van der Waals surface area contributed by atoms with Gasteiger partial charge in [0.05, 0.1) is 14.2 Å². The van der Waals surface area contributed by atoms with Crippen LogP contribution in [0, 0.1) is 0 Å². The van der Waals surface area contributed by atoms with Gasteiger partial charge in [0.25, 0.3) is 0 Å². The number of nitrogens with zero attached hydrogens (tertiary/aromatic N) is 1. The van der Waals surface area contributed by atoms with Crippen molar-refractivity contribution in [1.29, 1.82) is 0 Å². The third-order valence-electron chi connectivity index (χ3n) is 4.24. The number of carboxylic acids is 1. The second-order valence-electron chi connectivity index (χ2n) is 5.63. The number of ether oxygens (including phenoxy) is 4. The van der Waals surface area contributed by atoms with E-state index in [1.165, 1.54) is 25.2 Å². The average Bonchev–Trinajstić information content (AvgIpc) is 3.27. The average molecular weight is 349 g/mol. The molecule has 134 valence electrons. The summed E-state index contributed by atoms with van der Waals surface area (Å²) in [5.41, 5.74) is 0.572. The molecule has 0 unspecified atom stereocenters. The van der Waals surface area contributed by atoms with Gasteiger partial charge in [0.2, 0.25) is 24.2 Å². The van der Waals surface area contributed by atoms with Crippen LogP contribution in [0.15, 0.2) is 12.1 Å². The van der Waals surface area contributed by atoms with Crippen molar-refractivity contribution in [2.45, 2.75) is 18.9 Å². The van der Waals surface area contributed by atoms with Crippen molar-refractivity contribution in [2.24, 2.45) is 0 Å². The van der Waals surface area contributed by atoms with Gasteiger partial charge in [0.15, 0.2) is 11.5 Å². The van der Waals surface area contributed by atoms with E-state index in [9.17, 15) is 14.7 Å². The molecule has 0 radical (unpaired) electrons. The topological polar surface area (TPSA) is 94.5 Å². The highest BCUT2D eigenvalue weighted by Gasteiger charge is 2.33. The van der Waals surface area contributed by atoms with E-state index in [2.05, 4.69) is 0 Å². The van der Waals surface area contributed by atoms with Crippen LogP contribution < -0.4 is 18.9 Å². The van der Waals surface area contributed by atoms with Gasteiger partial charge in [-0.05, 0) is 25.0 Å². The number of fused-ring (bicyclic) bond motifs is 1. The third kappa shape index (κ3) is 3.07. The largest absolute Gasteiger partial charge is 0.493 e. The first-order chi connectivity index (χ1) is 12.1. The molecule has 2 heterocycles. The Morgan fingerprint density at radius 2 is 2.04 bits per heavy atom. The molecular formula is C17H19NO7. The lowest BCUT2D eigenvalue weighted by atomic mass is 10.1. The minimum absolute atomic E-state index is 0.0578. The van der Waals surface area contributed by atoms with E-state index in [1.807, 2.05) is 0 Å². The second kappa shape index (κ2) is 6.92. The highest BCUT2D eigenvalue weighted by molar-refractivity contribution is 5.95. The number of hydrogen-bond acceptors (Lipinski definition) is 6. The van der Waals surface area contributed by atoms with Crippen molar-refractivity contribution >= 4 is 18.0 Å². The van der Waals surface area contributed by atoms with E-state index in [1.54, 1.807) is 12.1 Å². The van der Waals surface area contributed by atoms with Crippen LogP contribution in [0.3, 0.4) is 0 Å². The molecule has 8 heteroatoms. The number of likely N-dealkylation sites (tertiary alicyclic amines) is 1. The Morgan fingerprint density at radius 3 is 2.72 bits per heavy atom. The van der Waals surface area contributed by atoms with Gasteiger partial charge in [0.1, 0.15) is 6.04 Å². The molecular weight excluding hydrogens is 330 g/mol. The summed E-state index contributed by atoms with van der Waals surface area (Å²) in [4.78, 5) is 24.9. The second-order valence-corrected chi connectivity index (χ2v) is 5.63. The fourth-order valence-corrected chi connectivity index (χ4v) is 3.06. The summed E-state index contributed by atoms with van der Waals surface area (Å²) in [5.74, 6) is 0.413. The summed E-state index contributed by atoms with van der Waals surface area (Å²) in [6.45, 7) is 0.490. The number of methoxy groups -OCH3 is 2. The summed E-state index contributed by atoms with van der Waals surface area (Å²) in [6.07, 6.45) is 4.04. The predicted octanol–water partition coefficient (Wildman–Crippen LogP) is 1.52. The highest BCUT2D eigenvalue weighted by atomic mass is 16.7. The zero-order valence-corrected chi connectivity index (χ0v) is 14.0. The SMILES string of the molecule is COc1cc(/C=C/C(=O)N2CCC[C@@H]2C(=O)O)c(OC)c2c1OCO2. The molecule has 2 aliphatic heterocycles. The maximum atomic E-state index is 12.4. The quantitative estimate of drug-likeness (QED) is 0.805. The Balaban J connectivity index is 1.88. The molecule has 1 saturated heterocycles. The summed E-state index contributed by atoms with van der Waals surface area (Å²) < 4.78 is 21.5. The number of amides is 1. The number of rotatable bonds is 5. The van der Waals surface area contributed by atoms with Crippen molar-refractivity contribution in [3.8, 4) is 23.0 Å². The molecule has 1 fully saturated rings. The highest BCUT2D eigenvalue weighted by Crippen LogP contribution is 2.49. The van der Waals surface area contributed by atoms with Crippen molar-refractivity contribution in [1.82, 2.24) is 4.90 Å². The summed E-state index contributed by atoms with van der Waals surface area (Å²) in [7, 11) is 2.99. The Hall–Kier alpha value is -2.90. The van der Waals surface area contributed by atoms with Crippen LogP contribution in [-0.4, -0.2) is 55.5 Å². The monoisotopic (exact) mass is 349 g/mol. The lowest BCUT2D eigenvalue weighted by molar-refractivity contribution is -0.146. The number of hydrogen-bond donors (Lipinski definition) is 1. The molecule has 0 spiro atoms. The van der Waals surface area contributed by atoms with Gasteiger partial charge in [0, 0.05) is 18.2 Å². The van der Waals surface area contributed by atoms with E-state index in [-0.39, 0.29) is 12.7 Å². The smallest absolute Gasteiger partial charge is 0.326 e. The maximum absolute atomic E-state index is 12.4. The predicted molar refractivity (Wildman–Crippen MR) is 87.1 cm³/mol. The van der Waals surface area contributed by atoms with Crippen LogP contribution in [-0.2, 0) is 9.59 Å². The maximum Gasteiger partial charge on any atom is 0.326 e. The number of carbonyl (C=O) groups is 2. The summed E-state index contributed by atoms with van der Waals surface area (Å²) >= 11 is 0. The third-order valence-corrected chi connectivity index (χ3v) is 4.24. The Kier molecular flexibility index (Phi) is 4.69. The van der Waals surface area contributed by atoms with E-state index < -0.39 is 12.0 Å². The molecule has 1 N–H and O–H groups in total. The number of aliphatic carboxylic acids is 1. The number of carboxylic acid groups (broad SMARTS) is 1. The van der Waals surface area contributed by atoms with E-state index in [0.717, 1.165) is 0 Å². The number of carbonyl (C=O) groups excluding carboxylic acids is 1. The zero-order chi connectivity index (χ0) is 18.0. The molecule has 1 atom stereocenters. The Labute approximate surface area is 144 Å². The van der Waals surface area contributed by atoms with Crippen LogP contribution >= 0.6 is 0 Å². The Bertz CT molecular complexity index is 728. The van der Waals surface area contributed by atoms with Gasteiger partial charge >= 0.3 is 5.97 Å². The molecule has 1 aromatic rings.